The van der Waals surface area contributed by atoms with Crippen LogP contribution in [0.4, 0.5) is 10.5 Å². The van der Waals surface area contributed by atoms with E-state index in [1.807, 2.05) is 54.3 Å². The highest BCUT2D eigenvalue weighted by Crippen LogP contribution is 2.30. The molecule has 1 aliphatic heterocycles. The van der Waals surface area contributed by atoms with Crippen molar-refractivity contribution in [1.82, 2.24) is 29.5 Å². The minimum atomic E-state index is -0.154. The molecule has 2 aromatic heterocycles. The number of piperazine rings is 1. The van der Waals surface area contributed by atoms with Crippen molar-refractivity contribution in [2.75, 3.05) is 30.7 Å². The molecule has 6 rings (SSSR count). The Bertz CT molecular complexity index is 1900. The van der Waals surface area contributed by atoms with Crippen LogP contribution in [0, 0.1) is 6.92 Å². The number of nitrogens with zero attached hydrogens (tertiary/aromatic N) is 6. The fraction of sp³-hybridized carbons (Fsp3) is 0.324. The highest BCUT2D eigenvalue weighted by Gasteiger charge is 2.29. The van der Waals surface area contributed by atoms with E-state index in [1.165, 1.54) is 0 Å². The molecule has 12 heteroatoms. The summed E-state index contributed by atoms with van der Waals surface area (Å²) < 4.78 is 3.01. The smallest absolute Gasteiger partial charge is 0.322 e. The molecule has 0 bridgehead atoms. The molecule has 5 aromatic rings. The van der Waals surface area contributed by atoms with Crippen molar-refractivity contribution >= 4 is 79.0 Å². The molecule has 1 fully saturated rings. The van der Waals surface area contributed by atoms with E-state index in [0.29, 0.717) is 42.8 Å². The molecule has 0 aliphatic carbocycles. The highest BCUT2D eigenvalue weighted by atomic mass is 79.9. The first-order valence-corrected chi connectivity index (χ1v) is 17.5. The highest BCUT2D eigenvalue weighted by molar-refractivity contribution is 9.10. The molecule has 3 amide bonds. The first kappa shape index (κ1) is 32.3. The van der Waals surface area contributed by atoms with Gasteiger partial charge < -0.3 is 19.7 Å². The number of carbonyl (C=O) groups is 2. The van der Waals surface area contributed by atoms with E-state index in [2.05, 4.69) is 67.2 Å². The van der Waals surface area contributed by atoms with Gasteiger partial charge in [0, 0.05) is 59.3 Å². The summed E-state index contributed by atoms with van der Waals surface area (Å²) in [5.41, 5.74) is 5.61. The molecule has 1 N–H and O–H groups in total. The zero-order chi connectivity index (χ0) is 32.2. The van der Waals surface area contributed by atoms with Crippen molar-refractivity contribution < 1.29 is 9.59 Å². The average Bonchev–Trinajstić information content (AvgIpc) is 3.33. The summed E-state index contributed by atoms with van der Waals surface area (Å²) in [5, 5.41) is 14.4. The van der Waals surface area contributed by atoms with Gasteiger partial charge in [-0.1, -0.05) is 59.3 Å². The Labute approximate surface area is 285 Å². The van der Waals surface area contributed by atoms with Crippen LogP contribution in [0.1, 0.15) is 37.3 Å². The number of fused-ring (bicyclic) bond motifs is 3. The first-order chi connectivity index (χ1) is 22.3. The van der Waals surface area contributed by atoms with Gasteiger partial charge in [-0.3, -0.25) is 4.79 Å². The molecular formula is C34H35BrClN7O2S. The quantitative estimate of drug-likeness (QED) is 0.124. The number of amides is 3. The molecule has 238 valence electrons. The van der Waals surface area contributed by atoms with Gasteiger partial charge in [0.05, 0.1) is 11.2 Å². The number of benzene rings is 3. The SMILES string of the molecule is Cc1ccc2c(c1)c1nnc(SCCCCC(=O)N3CCN(C(=O)Nc4ccccc4Br)C(C)C3)nc1n2Cc1cccc(Cl)c1. The second-order valence-corrected chi connectivity index (χ2v) is 14.0. The molecule has 1 saturated heterocycles. The second-order valence-electron chi connectivity index (χ2n) is 11.6. The molecule has 3 heterocycles. The number of aryl methyl sites for hydroxylation is 1. The molecule has 46 heavy (non-hydrogen) atoms. The maximum atomic E-state index is 13.0. The number of anilines is 1. The van der Waals surface area contributed by atoms with Crippen molar-refractivity contribution in [2.45, 2.75) is 50.9 Å². The lowest BCUT2D eigenvalue weighted by Crippen LogP contribution is -2.56. The van der Waals surface area contributed by atoms with Crippen LogP contribution in [0.5, 0.6) is 0 Å². The van der Waals surface area contributed by atoms with E-state index < -0.39 is 0 Å². The lowest BCUT2D eigenvalue weighted by Gasteiger charge is -2.39. The maximum absolute atomic E-state index is 13.0. The Kier molecular flexibility index (Phi) is 10.1. The molecule has 1 aliphatic rings. The number of unbranched alkanes of at least 4 members (excludes halogenated alkanes) is 1. The van der Waals surface area contributed by atoms with Gasteiger partial charge in [-0.05, 0) is 84.6 Å². The van der Waals surface area contributed by atoms with Gasteiger partial charge in [-0.25, -0.2) is 9.78 Å². The number of para-hydroxylation sites is 1. The Morgan fingerprint density at radius 2 is 1.89 bits per heavy atom. The van der Waals surface area contributed by atoms with Crippen molar-refractivity contribution in [1.29, 1.82) is 0 Å². The lowest BCUT2D eigenvalue weighted by atomic mass is 10.1. The largest absolute Gasteiger partial charge is 0.339 e. The van der Waals surface area contributed by atoms with Crippen LogP contribution in [0.3, 0.4) is 0 Å². The predicted molar refractivity (Wildman–Crippen MR) is 189 cm³/mol. The van der Waals surface area contributed by atoms with Crippen molar-refractivity contribution in [3.8, 4) is 0 Å². The molecular weight excluding hydrogens is 686 g/mol. The summed E-state index contributed by atoms with van der Waals surface area (Å²) in [6.07, 6.45) is 2.10. The van der Waals surface area contributed by atoms with Gasteiger partial charge in [-0.2, -0.15) is 0 Å². The van der Waals surface area contributed by atoms with Crippen LogP contribution in [0.25, 0.3) is 22.1 Å². The number of urea groups is 1. The molecule has 1 atom stereocenters. The zero-order valence-electron chi connectivity index (χ0n) is 25.7. The Morgan fingerprint density at radius 1 is 1.04 bits per heavy atom. The summed E-state index contributed by atoms with van der Waals surface area (Å²) in [7, 11) is 0. The summed E-state index contributed by atoms with van der Waals surface area (Å²) in [6.45, 7) is 6.23. The fourth-order valence-electron chi connectivity index (χ4n) is 5.83. The Morgan fingerprint density at radius 3 is 2.70 bits per heavy atom. The molecule has 0 saturated carbocycles. The standard InChI is InChI=1S/C34H35BrClN7O2S/c1-22-13-14-29-26(18-22)31-32(43(29)21-24-8-7-9-25(36)19-24)38-33(40-39-31)46-17-6-5-12-30(44)41-15-16-42(23(2)20-41)34(45)37-28-11-4-3-10-27(28)35/h3-4,7-11,13-14,18-19,23H,5-6,12,15-17,20-21H2,1-2H3,(H,37,45). The molecule has 9 nitrogen and oxygen atoms in total. The van der Waals surface area contributed by atoms with Crippen LogP contribution in [0.2, 0.25) is 5.02 Å². The predicted octanol–water partition coefficient (Wildman–Crippen LogP) is 7.78. The van der Waals surface area contributed by atoms with Gasteiger partial charge in [0.25, 0.3) is 0 Å². The average molecular weight is 721 g/mol. The molecule has 1 unspecified atom stereocenters. The van der Waals surface area contributed by atoms with Gasteiger partial charge in [-0.15, -0.1) is 10.2 Å². The summed E-state index contributed by atoms with van der Waals surface area (Å²) >= 11 is 11.3. The van der Waals surface area contributed by atoms with E-state index in [1.54, 1.807) is 16.7 Å². The molecule has 3 aromatic carbocycles. The van der Waals surface area contributed by atoms with E-state index in [4.69, 9.17) is 16.6 Å². The first-order valence-electron chi connectivity index (χ1n) is 15.4. The second kappa shape index (κ2) is 14.4. The van der Waals surface area contributed by atoms with Crippen LogP contribution in [-0.2, 0) is 11.3 Å². The number of hydrogen-bond acceptors (Lipinski definition) is 6. The van der Waals surface area contributed by atoms with Gasteiger partial charge in [0.2, 0.25) is 11.1 Å². The molecule has 0 radical (unpaired) electrons. The third kappa shape index (κ3) is 7.32. The van der Waals surface area contributed by atoms with Gasteiger partial charge >= 0.3 is 6.03 Å². The lowest BCUT2D eigenvalue weighted by molar-refractivity contribution is -0.133. The fourth-order valence-corrected chi connectivity index (χ4v) is 7.21. The number of halogens is 2. The van der Waals surface area contributed by atoms with Crippen molar-refractivity contribution in [2.24, 2.45) is 0 Å². The van der Waals surface area contributed by atoms with Crippen LogP contribution in [0.15, 0.2) is 76.4 Å². The summed E-state index contributed by atoms with van der Waals surface area (Å²) in [6, 6.07) is 21.5. The number of thioether (sulfide) groups is 1. The minimum absolute atomic E-state index is 0.0753. The monoisotopic (exact) mass is 719 g/mol. The third-order valence-corrected chi connectivity index (χ3v) is 10.1. The Hall–Kier alpha value is -3.67. The number of rotatable bonds is 9. The number of aromatic nitrogens is 4. The van der Waals surface area contributed by atoms with Crippen molar-refractivity contribution in [3.05, 3.63) is 87.4 Å². The van der Waals surface area contributed by atoms with E-state index >= 15 is 0 Å². The third-order valence-electron chi connectivity index (χ3n) is 8.20. The summed E-state index contributed by atoms with van der Waals surface area (Å²) in [4.78, 5) is 34.5. The van der Waals surface area contributed by atoms with Crippen LogP contribution >= 0.6 is 39.3 Å². The van der Waals surface area contributed by atoms with Crippen molar-refractivity contribution in [3.63, 3.8) is 0 Å². The van der Waals surface area contributed by atoms with Crippen LogP contribution < -0.4 is 5.32 Å². The molecule has 0 spiro atoms. The zero-order valence-corrected chi connectivity index (χ0v) is 28.9. The van der Waals surface area contributed by atoms with Gasteiger partial charge in [0.15, 0.2) is 5.65 Å². The minimum Gasteiger partial charge on any atom is -0.339 e. The normalized spacial score (nSPS) is 15.1. The number of nitrogens with one attached hydrogen (secondary N) is 1. The van der Waals surface area contributed by atoms with Crippen LogP contribution in [-0.4, -0.2) is 72.9 Å². The number of hydrogen-bond donors (Lipinski definition) is 1. The summed E-state index contributed by atoms with van der Waals surface area (Å²) in [5.74, 6) is 0.913. The topological polar surface area (TPSA) is 96.2 Å². The van der Waals surface area contributed by atoms with Gasteiger partial charge in [0.1, 0.15) is 5.52 Å². The number of carbonyl (C=O) groups excluding carboxylic acids is 2. The van der Waals surface area contributed by atoms with E-state index in [-0.39, 0.29) is 18.0 Å². The Balaban J connectivity index is 1.02. The maximum Gasteiger partial charge on any atom is 0.322 e. The van der Waals surface area contributed by atoms with E-state index in [9.17, 15) is 9.59 Å². The van der Waals surface area contributed by atoms with E-state index in [0.717, 1.165) is 61.9 Å².